The molecule has 2 amide bonds. The van der Waals surface area contributed by atoms with Gasteiger partial charge < -0.3 is 15.4 Å². The third-order valence-electron chi connectivity index (χ3n) is 2.67. The summed E-state index contributed by atoms with van der Waals surface area (Å²) in [4.78, 5) is 21.2. The summed E-state index contributed by atoms with van der Waals surface area (Å²) in [6.07, 6.45) is 0.724. The summed E-state index contributed by atoms with van der Waals surface area (Å²) in [7, 11) is 0. The van der Waals surface area contributed by atoms with Crippen LogP contribution in [0, 0.1) is 15.9 Å². The molecule has 1 saturated heterocycles. The molecule has 1 unspecified atom stereocenters. The molecule has 1 fully saturated rings. The van der Waals surface area contributed by atoms with Gasteiger partial charge in [0.1, 0.15) is 0 Å². The topological polar surface area (TPSA) is 93.5 Å². The first-order chi connectivity index (χ1) is 9.06. The molecule has 1 atom stereocenters. The minimum absolute atomic E-state index is 0.0668. The number of nitro benzene ring substituents is 1. The van der Waals surface area contributed by atoms with Gasteiger partial charge in [-0.05, 0) is 12.5 Å². The molecule has 0 bridgehead atoms. The second-order valence-electron chi connectivity index (χ2n) is 4.08. The number of benzene rings is 1. The van der Waals surface area contributed by atoms with Crippen molar-refractivity contribution in [2.75, 3.05) is 18.5 Å². The van der Waals surface area contributed by atoms with Gasteiger partial charge in [0.2, 0.25) is 5.82 Å². The molecule has 2 rings (SSSR count). The van der Waals surface area contributed by atoms with Crippen molar-refractivity contribution in [3.8, 4) is 0 Å². The first kappa shape index (κ1) is 13.2. The molecule has 1 heterocycles. The summed E-state index contributed by atoms with van der Waals surface area (Å²) in [6, 6.07) is 2.62. The van der Waals surface area contributed by atoms with Crippen molar-refractivity contribution >= 4 is 17.4 Å². The zero-order valence-corrected chi connectivity index (χ0v) is 9.89. The molecule has 8 heteroatoms. The van der Waals surface area contributed by atoms with E-state index in [-0.39, 0.29) is 11.7 Å². The first-order valence-electron chi connectivity index (χ1n) is 5.65. The molecule has 19 heavy (non-hydrogen) atoms. The average Bonchev–Trinajstić information content (AvgIpc) is 2.81. The Labute approximate surface area is 107 Å². The Bertz CT molecular complexity index is 503. The zero-order chi connectivity index (χ0) is 13.8. The van der Waals surface area contributed by atoms with E-state index in [9.17, 15) is 19.3 Å². The molecule has 0 saturated carbocycles. The van der Waals surface area contributed by atoms with Gasteiger partial charge in [-0.3, -0.25) is 10.1 Å². The molecule has 2 N–H and O–H groups in total. The Morgan fingerprint density at radius 1 is 1.53 bits per heavy atom. The molecule has 0 aliphatic carbocycles. The van der Waals surface area contributed by atoms with Crippen LogP contribution in [0.5, 0.6) is 0 Å². The van der Waals surface area contributed by atoms with E-state index in [4.69, 9.17) is 4.74 Å². The summed E-state index contributed by atoms with van der Waals surface area (Å²) in [5.41, 5.74) is -0.477. The fraction of sp³-hybridized carbons (Fsp3) is 0.364. The number of amides is 2. The summed E-state index contributed by atoms with van der Waals surface area (Å²) >= 11 is 0. The maximum absolute atomic E-state index is 13.3. The van der Waals surface area contributed by atoms with Crippen LogP contribution in [0.2, 0.25) is 0 Å². The van der Waals surface area contributed by atoms with Gasteiger partial charge in [0.25, 0.3) is 0 Å². The fourth-order valence-electron chi connectivity index (χ4n) is 1.73. The van der Waals surface area contributed by atoms with E-state index in [2.05, 4.69) is 10.6 Å². The highest BCUT2D eigenvalue weighted by Gasteiger charge is 2.18. The summed E-state index contributed by atoms with van der Waals surface area (Å²) < 4.78 is 18.4. The van der Waals surface area contributed by atoms with Crippen LogP contribution in [-0.2, 0) is 4.74 Å². The van der Waals surface area contributed by atoms with Crippen molar-refractivity contribution in [1.82, 2.24) is 5.32 Å². The van der Waals surface area contributed by atoms with Crippen molar-refractivity contribution in [2.24, 2.45) is 0 Å². The molecule has 0 aromatic heterocycles. The van der Waals surface area contributed by atoms with Crippen molar-refractivity contribution < 1.29 is 18.8 Å². The Morgan fingerprint density at radius 3 is 2.89 bits per heavy atom. The summed E-state index contributed by atoms with van der Waals surface area (Å²) in [6.45, 7) is 1.04. The molecular formula is C11H12FN3O4. The van der Waals surface area contributed by atoms with Gasteiger partial charge in [-0.25, -0.2) is 4.79 Å². The maximum Gasteiger partial charge on any atom is 0.319 e. The molecule has 7 nitrogen and oxygen atoms in total. The number of anilines is 1. The second-order valence-corrected chi connectivity index (χ2v) is 4.08. The molecule has 1 aliphatic rings. The molecule has 1 aromatic rings. The van der Waals surface area contributed by atoms with Crippen LogP contribution >= 0.6 is 0 Å². The largest absolute Gasteiger partial charge is 0.379 e. The summed E-state index contributed by atoms with van der Waals surface area (Å²) in [5.74, 6) is -0.994. The van der Waals surface area contributed by atoms with Crippen LogP contribution in [0.15, 0.2) is 18.2 Å². The highest BCUT2D eigenvalue weighted by molar-refractivity contribution is 5.89. The number of carbonyl (C=O) groups is 1. The van der Waals surface area contributed by atoms with Crippen LogP contribution in [0.4, 0.5) is 20.6 Å². The lowest BCUT2D eigenvalue weighted by Crippen LogP contribution is -2.38. The molecule has 1 aromatic carbocycles. The van der Waals surface area contributed by atoms with Crippen LogP contribution < -0.4 is 10.6 Å². The number of rotatable bonds is 3. The van der Waals surface area contributed by atoms with E-state index < -0.39 is 22.5 Å². The lowest BCUT2D eigenvalue weighted by Gasteiger charge is -2.11. The third-order valence-corrected chi connectivity index (χ3v) is 2.67. The van der Waals surface area contributed by atoms with Gasteiger partial charge in [0, 0.05) is 24.4 Å². The standard InChI is InChI=1S/C11H12FN3O4/c12-9-5-7(1-2-10(9)15(17)18)13-11(16)14-8-3-4-19-6-8/h1-2,5,8H,3-4,6H2,(H2,13,14,16). The lowest BCUT2D eigenvalue weighted by molar-refractivity contribution is -0.387. The normalized spacial score (nSPS) is 18.1. The van der Waals surface area contributed by atoms with E-state index in [1.54, 1.807) is 0 Å². The van der Waals surface area contributed by atoms with Crippen LogP contribution in [0.3, 0.4) is 0 Å². The number of hydrogen-bond acceptors (Lipinski definition) is 4. The van der Waals surface area contributed by atoms with Gasteiger partial charge in [0.15, 0.2) is 0 Å². The number of nitrogens with one attached hydrogen (secondary N) is 2. The van der Waals surface area contributed by atoms with E-state index >= 15 is 0 Å². The zero-order valence-electron chi connectivity index (χ0n) is 9.89. The number of nitrogens with zero attached hydrogens (tertiary/aromatic N) is 1. The predicted octanol–water partition coefficient (Wildman–Crippen LogP) is 1.64. The average molecular weight is 269 g/mol. The summed E-state index contributed by atoms with van der Waals surface area (Å²) in [5, 5.41) is 15.5. The minimum Gasteiger partial charge on any atom is -0.379 e. The monoisotopic (exact) mass is 269 g/mol. The maximum atomic E-state index is 13.3. The Kier molecular flexibility index (Phi) is 3.91. The Morgan fingerprint density at radius 2 is 2.32 bits per heavy atom. The van der Waals surface area contributed by atoms with Crippen molar-refractivity contribution in [1.29, 1.82) is 0 Å². The molecular weight excluding hydrogens is 257 g/mol. The Balaban J connectivity index is 1.96. The highest BCUT2D eigenvalue weighted by atomic mass is 19.1. The fourth-order valence-corrected chi connectivity index (χ4v) is 1.73. The molecule has 0 radical (unpaired) electrons. The quantitative estimate of drug-likeness (QED) is 0.644. The van der Waals surface area contributed by atoms with Gasteiger partial charge >= 0.3 is 11.7 Å². The van der Waals surface area contributed by atoms with E-state index in [0.717, 1.165) is 18.6 Å². The predicted molar refractivity (Wildman–Crippen MR) is 64.4 cm³/mol. The van der Waals surface area contributed by atoms with Crippen LogP contribution in [-0.4, -0.2) is 30.2 Å². The first-order valence-corrected chi connectivity index (χ1v) is 5.65. The highest BCUT2D eigenvalue weighted by Crippen LogP contribution is 2.20. The van der Waals surface area contributed by atoms with Crippen molar-refractivity contribution in [2.45, 2.75) is 12.5 Å². The van der Waals surface area contributed by atoms with Gasteiger partial charge in [-0.15, -0.1) is 0 Å². The van der Waals surface area contributed by atoms with E-state index in [1.807, 2.05) is 0 Å². The number of halogens is 1. The van der Waals surface area contributed by atoms with Gasteiger partial charge in [0.05, 0.1) is 17.6 Å². The number of ether oxygens (including phenoxy) is 1. The molecule has 102 valence electrons. The SMILES string of the molecule is O=C(Nc1ccc([N+](=O)[O-])c(F)c1)NC1CCOC1. The van der Waals surface area contributed by atoms with E-state index in [0.29, 0.717) is 13.2 Å². The number of carbonyl (C=O) groups excluding carboxylic acids is 1. The smallest absolute Gasteiger partial charge is 0.319 e. The van der Waals surface area contributed by atoms with Gasteiger partial charge in [-0.2, -0.15) is 4.39 Å². The third kappa shape index (κ3) is 3.38. The second kappa shape index (κ2) is 5.61. The van der Waals surface area contributed by atoms with Crippen LogP contribution in [0.25, 0.3) is 0 Å². The number of hydrogen-bond donors (Lipinski definition) is 2. The van der Waals surface area contributed by atoms with Gasteiger partial charge in [-0.1, -0.05) is 0 Å². The molecule has 0 spiro atoms. The minimum atomic E-state index is -0.994. The number of nitro groups is 1. The lowest BCUT2D eigenvalue weighted by atomic mass is 10.2. The molecule has 1 aliphatic heterocycles. The Hall–Kier alpha value is -2.22. The number of urea groups is 1. The van der Waals surface area contributed by atoms with Crippen molar-refractivity contribution in [3.63, 3.8) is 0 Å². The van der Waals surface area contributed by atoms with Crippen LogP contribution in [0.1, 0.15) is 6.42 Å². The van der Waals surface area contributed by atoms with Crippen molar-refractivity contribution in [3.05, 3.63) is 34.1 Å². The van der Waals surface area contributed by atoms with E-state index in [1.165, 1.54) is 6.07 Å².